The van der Waals surface area contributed by atoms with Gasteiger partial charge in [0.25, 0.3) is 0 Å². The largest absolute Gasteiger partial charge is 0.353 e. The molecule has 1 aliphatic rings. The van der Waals surface area contributed by atoms with Crippen LogP contribution in [0.15, 0.2) is 17.0 Å². The fraction of sp³-hybridized carbons (Fsp3) is 0.636. The van der Waals surface area contributed by atoms with Crippen LogP contribution in [0.2, 0.25) is 0 Å². The van der Waals surface area contributed by atoms with Crippen molar-refractivity contribution < 1.29 is 0 Å². The van der Waals surface area contributed by atoms with Gasteiger partial charge in [-0.05, 0) is 35.7 Å². The Kier molecular flexibility index (Phi) is 3.57. The fourth-order valence-corrected chi connectivity index (χ4v) is 2.56. The van der Waals surface area contributed by atoms with Crippen LogP contribution < -0.4 is 4.90 Å². The molecule has 4 heteroatoms. The van der Waals surface area contributed by atoms with Gasteiger partial charge in [-0.1, -0.05) is 12.8 Å². The Labute approximate surface area is 99.0 Å². The van der Waals surface area contributed by atoms with Crippen LogP contribution in [-0.4, -0.2) is 22.6 Å². The lowest BCUT2D eigenvalue weighted by Gasteiger charge is -2.28. The van der Waals surface area contributed by atoms with Crippen LogP contribution in [0.1, 0.15) is 32.6 Å². The summed E-state index contributed by atoms with van der Waals surface area (Å²) < 4.78 is 0.999. The first-order valence-electron chi connectivity index (χ1n) is 5.51. The second-order valence-electron chi connectivity index (χ2n) is 4.09. The van der Waals surface area contributed by atoms with Crippen LogP contribution >= 0.6 is 15.9 Å². The lowest BCUT2D eigenvalue weighted by atomic mass is 10.1. The molecule has 1 fully saturated rings. The molecule has 0 aliphatic carbocycles. The maximum Gasteiger partial charge on any atom is 0.146 e. The Morgan fingerprint density at radius 1 is 1.40 bits per heavy atom. The highest BCUT2D eigenvalue weighted by Crippen LogP contribution is 2.27. The number of hydrogen-bond donors (Lipinski definition) is 0. The van der Waals surface area contributed by atoms with E-state index in [0.717, 1.165) is 16.8 Å². The van der Waals surface area contributed by atoms with E-state index in [1.54, 1.807) is 6.33 Å². The van der Waals surface area contributed by atoms with Crippen LogP contribution in [-0.2, 0) is 0 Å². The topological polar surface area (TPSA) is 29.0 Å². The van der Waals surface area contributed by atoms with Gasteiger partial charge in [0.1, 0.15) is 12.1 Å². The normalized spacial score (nSPS) is 22.5. The van der Waals surface area contributed by atoms with Crippen LogP contribution in [0, 0.1) is 0 Å². The third-order valence-corrected chi connectivity index (χ3v) is 3.53. The third kappa shape index (κ3) is 2.48. The molecule has 0 bridgehead atoms. The minimum atomic E-state index is 0.582. The molecule has 1 aliphatic heterocycles. The number of anilines is 1. The fourth-order valence-electron chi connectivity index (χ4n) is 2.11. The van der Waals surface area contributed by atoms with E-state index in [9.17, 15) is 0 Å². The van der Waals surface area contributed by atoms with Crippen molar-refractivity contribution in [3.63, 3.8) is 0 Å². The first kappa shape index (κ1) is 10.9. The standard InChI is InChI=1S/C11H16BrN3/c1-9-5-3-2-4-6-15(9)11-10(12)7-13-8-14-11/h7-9H,2-6H2,1H3. The summed E-state index contributed by atoms with van der Waals surface area (Å²) >= 11 is 3.52. The van der Waals surface area contributed by atoms with E-state index >= 15 is 0 Å². The van der Waals surface area contributed by atoms with E-state index in [1.165, 1.54) is 25.7 Å². The summed E-state index contributed by atoms with van der Waals surface area (Å²) in [5, 5.41) is 0. The van der Waals surface area contributed by atoms with Gasteiger partial charge in [-0.15, -0.1) is 0 Å². The maximum atomic E-state index is 4.36. The van der Waals surface area contributed by atoms with E-state index in [4.69, 9.17) is 0 Å². The molecule has 1 aromatic rings. The second-order valence-corrected chi connectivity index (χ2v) is 4.94. The summed E-state index contributed by atoms with van der Waals surface area (Å²) in [6.07, 6.45) is 8.64. The molecule has 0 spiro atoms. The van der Waals surface area contributed by atoms with E-state index in [-0.39, 0.29) is 0 Å². The van der Waals surface area contributed by atoms with Crippen molar-refractivity contribution >= 4 is 21.7 Å². The zero-order chi connectivity index (χ0) is 10.7. The van der Waals surface area contributed by atoms with Gasteiger partial charge in [-0.2, -0.15) is 0 Å². The molecule has 15 heavy (non-hydrogen) atoms. The number of hydrogen-bond acceptors (Lipinski definition) is 3. The van der Waals surface area contributed by atoms with Gasteiger partial charge in [0.2, 0.25) is 0 Å². The lowest BCUT2D eigenvalue weighted by molar-refractivity contribution is 0.609. The zero-order valence-corrected chi connectivity index (χ0v) is 10.6. The molecule has 0 aromatic carbocycles. The summed E-state index contributed by atoms with van der Waals surface area (Å²) in [6, 6.07) is 0.582. The molecule has 82 valence electrons. The molecule has 2 heterocycles. The average Bonchev–Trinajstić information content (AvgIpc) is 2.44. The predicted octanol–water partition coefficient (Wildman–Crippen LogP) is 3.01. The van der Waals surface area contributed by atoms with Gasteiger partial charge < -0.3 is 4.90 Å². The monoisotopic (exact) mass is 269 g/mol. The summed E-state index contributed by atoms with van der Waals surface area (Å²) in [7, 11) is 0. The van der Waals surface area contributed by atoms with Gasteiger partial charge in [-0.25, -0.2) is 9.97 Å². The highest BCUT2D eigenvalue weighted by molar-refractivity contribution is 9.10. The zero-order valence-electron chi connectivity index (χ0n) is 8.99. The lowest BCUT2D eigenvalue weighted by Crippen LogP contribution is -2.33. The highest BCUT2D eigenvalue weighted by atomic mass is 79.9. The Morgan fingerprint density at radius 2 is 2.27 bits per heavy atom. The molecule has 3 nitrogen and oxygen atoms in total. The van der Waals surface area contributed by atoms with Crippen molar-refractivity contribution in [2.75, 3.05) is 11.4 Å². The van der Waals surface area contributed by atoms with E-state index in [0.29, 0.717) is 6.04 Å². The molecule has 0 N–H and O–H groups in total. The molecule has 1 aromatic heterocycles. The molecule has 1 saturated heterocycles. The van der Waals surface area contributed by atoms with Crippen molar-refractivity contribution in [3.05, 3.63) is 17.0 Å². The molecule has 2 rings (SSSR count). The highest BCUT2D eigenvalue weighted by Gasteiger charge is 2.19. The quantitative estimate of drug-likeness (QED) is 0.785. The van der Waals surface area contributed by atoms with Gasteiger partial charge in [0.05, 0.1) is 4.47 Å². The molecular weight excluding hydrogens is 254 g/mol. The van der Waals surface area contributed by atoms with Crippen molar-refractivity contribution in [2.45, 2.75) is 38.6 Å². The molecule has 0 radical (unpaired) electrons. The summed E-state index contributed by atoms with van der Waals surface area (Å²) in [5.41, 5.74) is 0. The van der Waals surface area contributed by atoms with Gasteiger partial charge >= 0.3 is 0 Å². The Bertz CT molecular complexity index is 329. The summed E-state index contributed by atoms with van der Waals surface area (Å²) in [6.45, 7) is 3.39. The number of nitrogens with zero attached hydrogens (tertiary/aromatic N) is 3. The molecule has 0 amide bonds. The second kappa shape index (κ2) is 4.92. The molecular formula is C11H16BrN3. The molecule has 0 saturated carbocycles. The first-order chi connectivity index (χ1) is 7.29. The maximum absolute atomic E-state index is 4.36. The Balaban J connectivity index is 2.24. The SMILES string of the molecule is CC1CCCCCN1c1ncncc1Br. The van der Waals surface area contributed by atoms with Crippen molar-refractivity contribution in [1.82, 2.24) is 9.97 Å². The van der Waals surface area contributed by atoms with Crippen molar-refractivity contribution in [1.29, 1.82) is 0 Å². The Morgan fingerprint density at radius 3 is 3.07 bits per heavy atom. The molecule has 1 unspecified atom stereocenters. The van der Waals surface area contributed by atoms with E-state index in [1.807, 2.05) is 6.20 Å². The first-order valence-corrected chi connectivity index (χ1v) is 6.30. The Hall–Kier alpha value is -0.640. The number of aromatic nitrogens is 2. The van der Waals surface area contributed by atoms with Gasteiger partial charge in [0.15, 0.2) is 0 Å². The van der Waals surface area contributed by atoms with Gasteiger partial charge in [0, 0.05) is 18.8 Å². The van der Waals surface area contributed by atoms with Crippen LogP contribution in [0.3, 0.4) is 0 Å². The van der Waals surface area contributed by atoms with Crippen LogP contribution in [0.5, 0.6) is 0 Å². The van der Waals surface area contributed by atoms with Crippen molar-refractivity contribution in [2.24, 2.45) is 0 Å². The van der Waals surface area contributed by atoms with Gasteiger partial charge in [-0.3, -0.25) is 0 Å². The van der Waals surface area contributed by atoms with E-state index in [2.05, 4.69) is 37.7 Å². The number of rotatable bonds is 1. The predicted molar refractivity (Wildman–Crippen MR) is 65.0 cm³/mol. The minimum absolute atomic E-state index is 0.582. The minimum Gasteiger partial charge on any atom is -0.353 e. The molecule has 1 atom stereocenters. The van der Waals surface area contributed by atoms with Crippen LogP contribution in [0.25, 0.3) is 0 Å². The average molecular weight is 270 g/mol. The summed E-state index contributed by atoms with van der Waals surface area (Å²) in [5.74, 6) is 1.04. The smallest absolute Gasteiger partial charge is 0.146 e. The van der Waals surface area contributed by atoms with Crippen LogP contribution in [0.4, 0.5) is 5.82 Å². The van der Waals surface area contributed by atoms with E-state index < -0.39 is 0 Å². The number of halogens is 1. The summed E-state index contributed by atoms with van der Waals surface area (Å²) in [4.78, 5) is 10.8. The third-order valence-electron chi connectivity index (χ3n) is 2.97. The van der Waals surface area contributed by atoms with Crippen molar-refractivity contribution in [3.8, 4) is 0 Å².